The van der Waals surface area contributed by atoms with Crippen molar-refractivity contribution in [2.75, 3.05) is 25.1 Å². The van der Waals surface area contributed by atoms with Gasteiger partial charge in [-0.05, 0) is 36.0 Å². The summed E-state index contributed by atoms with van der Waals surface area (Å²) in [4.78, 5) is 6.59. The Morgan fingerprint density at radius 1 is 1.33 bits per heavy atom. The van der Waals surface area contributed by atoms with Crippen LogP contribution in [0.2, 0.25) is 0 Å². The molecular formula is C19H30N2O3. The lowest BCUT2D eigenvalue weighted by Crippen LogP contribution is -2.28. The van der Waals surface area contributed by atoms with Crippen molar-refractivity contribution < 1.29 is 14.9 Å². The quantitative estimate of drug-likeness (QED) is 0.620. The van der Waals surface area contributed by atoms with Gasteiger partial charge in [-0.3, -0.25) is 4.99 Å². The van der Waals surface area contributed by atoms with Gasteiger partial charge in [0.05, 0.1) is 18.8 Å². The van der Waals surface area contributed by atoms with Crippen LogP contribution in [0.3, 0.4) is 0 Å². The fourth-order valence-corrected chi connectivity index (χ4v) is 2.69. The number of rotatable bonds is 6. The molecule has 1 heterocycles. The molecule has 0 aliphatic carbocycles. The first-order chi connectivity index (χ1) is 11.3. The molecule has 1 aliphatic heterocycles. The molecule has 0 bridgehead atoms. The van der Waals surface area contributed by atoms with Gasteiger partial charge in [0, 0.05) is 19.2 Å². The van der Waals surface area contributed by atoms with Gasteiger partial charge in [0.2, 0.25) is 0 Å². The lowest BCUT2D eigenvalue weighted by Gasteiger charge is -2.27. The molecule has 1 aromatic rings. The van der Waals surface area contributed by atoms with Gasteiger partial charge in [0.25, 0.3) is 0 Å². The van der Waals surface area contributed by atoms with Crippen LogP contribution in [-0.2, 0) is 6.54 Å². The van der Waals surface area contributed by atoms with Crippen molar-refractivity contribution in [3.05, 3.63) is 23.8 Å². The van der Waals surface area contributed by atoms with Crippen molar-refractivity contribution in [1.82, 2.24) is 0 Å². The van der Waals surface area contributed by atoms with Gasteiger partial charge >= 0.3 is 0 Å². The minimum absolute atomic E-state index is 0.169. The zero-order valence-corrected chi connectivity index (χ0v) is 15.2. The molecule has 0 fully saturated rings. The largest absolute Gasteiger partial charge is 0.490 e. The number of ether oxygens (including phenoxy) is 1. The zero-order valence-electron chi connectivity index (χ0n) is 15.2. The third-order valence-electron chi connectivity index (χ3n) is 4.30. The third kappa shape index (κ3) is 5.49. The molecule has 0 amide bonds. The van der Waals surface area contributed by atoms with E-state index in [-0.39, 0.29) is 11.3 Å². The summed E-state index contributed by atoms with van der Waals surface area (Å²) in [6.07, 6.45) is 1.95. The van der Waals surface area contributed by atoms with Crippen LogP contribution in [0.5, 0.6) is 5.75 Å². The summed E-state index contributed by atoms with van der Waals surface area (Å²) in [6.45, 7) is 8.55. The van der Waals surface area contributed by atoms with Crippen LogP contribution in [0, 0.1) is 11.3 Å². The van der Waals surface area contributed by atoms with E-state index in [2.05, 4.69) is 43.8 Å². The molecule has 5 heteroatoms. The number of aliphatic hydroxyl groups excluding tert-OH is 1. The molecule has 0 aromatic heterocycles. The van der Waals surface area contributed by atoms with E-state index in [0.717, 1.165) is 30.0 Å². The number of fused-ring (bicyclic) bond motifs is 1. The van der Waals surface area contributed by atoms with E-state index in [1.807, 2.05) is 12.1 Å². The average molecular weight is 334 g/mol. The SMILES string of the molecule is CN1CCOc2cc(CN=CC(CCC(C)(C)C)C(O)O)ccc21. The molecule has 0 saturated carbocycles. The van der Waals surface area contributed by atoms with Crippen LogP contribution in [0.4, 0.5) is 5.69 Å². The average Bonchev–Trinajstić information content (AvgIpc) is 2.49. The van der Waals surface area contributed by atoms with Gasteiger partial charge < -0.3 is 19.8 Å². The summed E-state index contributed by atoms with van der Waals surface area (Å²) in [5.74, 6) is 0.562. The van der Waals surface area contributed by atoms with E-state index < -0.39 is 6.29 Å². The van der Waals surface area contributed by atoms with Gasteiger partial charge in [-0.1, -0.05) is 26.8 Å². The second kappa shape index (κ2) is 7.99. The highest BCUT2D eigenvalue weighted by atomic mass is 16.5. The van der Waals surface area contributed by atoms with Crippen LogP contribution in [0.25, 0.3) is 0 Å². The summed E-state index contributed by atoms with van der Waals surface area (Å²) in [5.41, 5.74) is 2.33. The number of benzene rings is 1. The molecule has 1 aliphatic rings. The molecule has 24 heavy (non-hydrogen) atoms. The Morgan fingerprint density at radius 3 is 2.75 bits per heavy atom. The predicted molar refractivity (Wildman–Crippen MR) is 97.8 cm³/mol. The minimum atomic E-state index is -1.36. The standard InChI is InChI=1S/C19H30N2O3/c1-19(2,3)8-7-15(18(22)23)13-20-12-14-5-6-16-17(11-14)24-10-9-21(16)4/h5-6,11,13,15,18,22-23H,7-10,12H2,1-4H3. The van der Waals surface area contributed by atoms with E-state index in [1.165, 1.54) is 0 Å². The van der Waals surface area contributed by atoms with Gasteiger partial charge in [0.1, 0.15) is 12.4 Å². The molecule has 0 radical (unpaired) electrons. The van der Waals surface area contributed by atoms with Crippen molar-refractivity contribution in [2.24, 2.45) is 16.3 Å². The van der Waals surface area contributed by atoms with Crippen LogP contribution < -0.4 is 9.64 Å². The molecule has 0 spiro atoms. The highest BCUT2D eigenvalue weighted by Crippen LogP contribution is 2.31. The Balaban J connectivity index is 1.96. The van der Waals surface area contributed by atoms with Crippen LogP contribution in [0.15, 0.2) is 23.2 Å². The normalized spacial score (nSPS) is 16.4. The first-order valence-electron chi connectivity index (χ1n) is 8.59. The number of hydrogen-bond acceptors (Lipinski definition) is 5. The first kappa shape index (κ1) is 18.7. The second-order valence-corrected chi connectivity index (χ2v) is 7.74. The molecule has 2 rings (SSSR count). The summed E-state index contributed by atoms with van der Waals surface area (Å²) in [7, 11) is 2.06. The van der Waals surface area contributed by atoms with Crippen molar-refractivity contribution in [2.45, 2.75) is 46.4 Å². The minimum Gasteiger partial charge on any atom is -0.490 e. The fourth-order valence-electron chi connectivity index (χ4n) is 2.69. The summed E-state index contributed by atoms with van der Waals surface area (Å²) in [6, 6.07) is 6.11. The molecule has 1 atom stereocenters. The lowest BCUT2D eigenvalue weighted by atomic mass is 9.87. The topological polar surface area (TPSA) is 65.3 Å². The highest BCUT2D eigenvalue weighted by Gasteiger charge is 2.19. The molecule has 134 valence electrons. The predicted octanol–water partition coefficient (Wildman–Crippen LogP) is 2.84. The summed E-state index contributed by atoms with van der Waals surface area (Å²) in [5, 5.41) is 19.1. The van der Waals surface area contributed by atoms with Gasteiger partial charge in [-0.2, -0.15) is 0 Å². The van der Waals surface area contributed by atoms with E-state index >= 15 is 0 Å². The maximum atomic E-state index is 9.53. The number of likely N-dealkylation sites (N-methyl/N-ethyl adjacent to an activating group) is 1. The van der Waals surface area contributed by atoms with E-state index in [1.54, 1.807) is 6.21 Å². The molecule has 0 saturated heterocycles. The second-order valence-electron chi connectivity index (χ2n) is 7.74. The number of anilines is 1. The smallest absolute Gasteiger partial charge is 0.159 e. The summed E-state index contributed by atoms with van der Waals surface area (Å²) < 4.78 is 5.70. The van der Waals surface area contributed by atoms with Crippen molar-refractivity contribution in [3.8, 4) is 5.75 Å². The van der Waals surface area contributed by atoms with E-state index in [9.17, 15) is 10.2 Å². The third-order valence-corrected chi connectivity index (χ3v) is 4.30. The first-order valence-corrected chi connectivity index (χ1v) is 8.59. The Labute approximate surface area is 145 Å². The molecule has 1 unspecified atom stereocenters. The van der Waals surface area contributed by atoms with Crippen molar-refractivity contribution in [3.63, 3.8) is 0 Å². The monoisotopic (exact) mass is 334 g/mol. The molecular weight excluding hydrogens is 304 g/mol. The number of hydrogen-bond donors (Lipinski definition) is 2. The zero-order chi connectivity index (χ0) is 17.7. The Kier molecular flexibility index (Phi) is 6.24. The lowest BCUT2D eigenvalue weighted by molar-refractivity contribution is -0.0666. The van der Waals surface area contributed by atoms with Gasteiger partial charge in [-0.15, -0.1) is 0 Å². The maximum absolute atomic E-state index is 9.53. The Morgan fingerprint density at radius 2 is 2.08 bits per heavy atom. The van der Waals surface area contributed by atoms with E-state index in [4.69, 9.17) is 4.74 Å². The van der Waals surface area contributed by atoms with Crippen molar-refractivity contribution in [1.29, 1.82) is 0 Å². The highest BCUT2D eigenvalue weighted by molar-refractivity contribution is 5.62. The van der Waals surface area contributed by atoms with Crippen LogP contribution in [0.1, 0.15) is 39.2 Å². The molecule has 2 N–H and O–H groups in total. The number of aliphatic hydroxyl groups is 2. The maximum Gasteiger partial charge on any atom is 0.159 e. The van der Waals surface area contributed by atoms with Crippen molar-refractivity contribution >= 4 is 11.9 Å². The Hall–Kier alpha value is -1.59. The number of aliphatic imine (C=N–C) groups is 1. The Bertz CT molecular complexity index is 564. The van der Waals surface area contributed by atoms with E-state index in [0.29, 0.717) is 19.6 Å². The number of nitrogens with zero attached hydrogens (tertiary/aromatic N) is 2. The van der Waals surface area contributed by atoms with Gasteiger partial charge in [-0.25, -0.2) is 0 Å². The molecule has 1 aromatic carbocycles. The van der Waals surface area contributed by atoms with Gasteiger partial charge in [0.15, 0.2) is 6.29 Å². The molecule has 5 nitrogen and oxygen atoms in total. The fraction of sp³-hybridized carbons (Fsp3) is 0.632. The summed E-state index contributed by atoms with van der Waals surface area (Å²) >= 11 is 0. The van der Waals surface area contributed by atoms with Crippen LogP contribution >= 0.6 is 0 Å². The van der Waals surface area contributed by atoms with Crippen LogP contribution in [-0.4, -0.2) is 42.9 Å².